The zero-order valence-electron chi connectivity index (χ0n) is 12.5. The fourth-order valence-electron chi connectivity index (χ4n) is 1.77. The first kappa shape index (κ1) is 17.0. The van der Waals surface area contributed by atoms with Gasteiger partial charge in [-0.3, -0.25) is 4.79 Å². The molecule has 120 valence electrons. The molecule has 1 amide bonds. The quantitative estimate of drug-likeness (QED) is 0.619. The van der Waals surface area contributed by atoms with Crippen molar-refractivity contribution in [2.24, 2.45) is 0 Å². The minimum Gasteiger partial charge on any atom is -0.467 e. The van der Waals surface area contributed by atoms with E-state index in [-0.39, 0.29) is 12.5 Å². The second-order valence-corrected chi connectivity index (χ2v) is 5.59. The summed E-state index contributed by atoms with van der Waals surface area (Å²) >= 11 is 3.38. The molecule has 0 aliphatic carbocycles. The van der Waals surface area contributed by atoms with Crippen molar-refractivity contribution >= 4 is 33.9 Å². The van der Waals surface area contributed by atoms with Crippen LogP contribution in [-0.2, 0) is 20.9 Å². The van der Waals surface area contributed by atoms with Gasteiger partial charge in [-0.25, -0.2) is 4.79 Å². The van der Waals surface area contributed by atoms with Crippen LogP contribution in [-0.4, -0.2) is 18.0 Å². The van der Waals surface area contributed by atoms with Crippen LogP contribution in [0.15, 0.2) is 57.6 Å². The highest BCUT2D eigenvalue weighted by Gasteiger charge is 2.16. The number of halogens is 1. The summed E-state index contributed by atoms with van der Waals surface area (Å²) in [4.78, 5) is 23.6. The smallest absolute Gasteiger partial charge is 0.331 e. The van der Waals surface area contributed by atoms with Crippen molar-refractivity contribution < 1.29 is 18.7 Å². The van der Waals surface area contributed by atoms with Gasteiger partial charge in [0, 0.05) is 10.5 Å². The summed E-state index contributed by atoms with van der Waals surface area (Å²) in [5.41, 5.74) is 0.847. The minimum atomic E-state index is -0.888. The molecule has 2 rings (SSSR count). The number of carbonyl (C=O) groups is 2. The van der Waals surface area contributed by atoms with E-state index in [4.69, 9.17) is 9.15 Å². The highest BCUT2D eigenvalue weighted by molar-refractivity contribution is 9.10. The van der Waals surface area contributed by atoms with Crippen molar-refractivity contribution in [2.75, 3.05) is 0 Å². The molecular weight excluding hydrogens is 362 g/mol. The summed E-state index contributed by atoms with van der Waals surface area (Å²) in [7, 11) is 0. The van der Waals surface area contributed by atoms with Gasteiger partial charge in [0.15, 0.2) is 6.10 Å². The zero-order valence-corrected chi connectivity index (χ0v) is 14.1. The molecule has 0 aliphatic rings. The third-order valence-corrected chi connectivity index (χ3v) is 3.71. The molecule has 1 aromatic carbocycles. The number of hydrogen-bond donors (Lipinski definition) is 1. The van der Waals surface area contributed by atoms with E-state index in [1.807, 2.05) is 24.3 Å². The van der Waals surface area contributed by atoms with Gasteiger partial charge in [-0.2, -0.15) is 0 Å². The fraction of sp³-hybridized carbons (Fsp3) is 0.176. The molecule has 1 N–H and O–H groups in total. The van der Waals surface area contributed by atoms with Crippen molar-refractivity contribution in [1.82, 2.24) is 5.32 Å². The Morgan fingerprint density at radius 2 is 2.09 bits per heavy atom. The molecule has 0 saturated heterocycles. The summed E-state index contributed by atoms with van der Waals surface area (Å²) in [5.74, 6) is -0.337. The maximum absolute atomic E-state index is 11.8. The lowest BCUT2D eigenvalue weighted by atomic mass is 10.2. The summed E-state index contributed by atoms with van der Waals surface area (Å²) < 4.78 is 11.0. The summed E-state index contributed by atoms with van der Waals surface area (Å²) in [6.45, 7) is 1.77. The van der Waals surface area contributed by atoms with E-state index < -0.39 is 12.1 Å². The highest BCUT2D eigenvalue weighted by atomic mass is 79.9. The molecule has 6 heteroatoms. The van der Waals surface area contributed by atoms with E-state index in [0.29, 0.717) is 5.76 Å². The van der Waals surface area contributed by atoms with E-state index in [0.717, 1.165) is 10.0 Å². The first-order chi connectivity index (χ1) is 11.1. The lowest BCUT2D eigenvalue weighted by Crippen LogP contribution is -2.35. The second kappa shape index (κ2) is 8.33. The molecule has 1 atom stereocenters. The molecule has 0 aliphatic heterocycles. The monoisotopic (exact) mass is 377 g/mol. The van der Waals surface area contributed by atoms with Crippen molar-refractivity contribution in [3.8, 4) is 0 Å². The molecule has 0 spiro atoms. The van der Waals surface area contributed by atoms with Crippen LogP contribution in [0.4, 0.5) is 0 Å². The Hall–Kier alpha value is -2.34. The van der Waals surface area contributed by atoms with Crippen molar-refractivity contribution in [3.05, 3.63) is 64.5 Å². The summed E-state index contributed by atoms with van der Waals surface area (Å²) in [6, 6.07) is 10.9. The van der Waals surface area contributed by atoms with E-state index in [9.17, 15) is 9.59 Å². The molecule has 0 saturated carbocycles. The summed E-state index contributed by atoms with van der Waals surface area (Å²) in [6.07, 6.45) is 3.55. The topological polar surface area (TPSA) is 68.5 Å². The van der Waals surface area contributed by atoms with Gasteiger partial charge in [-0.1, -0.05) is 34.1 Å². The molecule has 0 bridgehead atoms. The Morgan fingerprint density at radius 3 is 2.78 bits per heavy atom. The van der Waals surface area contributed by atoms with Crippen LogP contribution in [0.5, 0.6) is 0 Å². The van der Waals surface area contributed by atoms with Gasteiger partial charge in [-0.15, -0.1) is 0 Å². The normalized spacial score (nSPS) is 12.1. The van der Waals surface area contributed by atoms with Crippen molar-refractivity contribution in [3.63, 3.8) is 0 Å². The van der Waals surface area contributed by atoms with Gasteiger partial charge >= 0.3 is 5.97 Å². The number of amides is 1. The molecular formula is C17H16BrNO4. The largest absolute Gasteiger partial charge is 0.467 e. The first-order valence-corrected chi connectivity index (χ1v) is 7.79. The minimum absolute atomic E-state index is 0.251. The van der Waals surface area contributed by atoms with E-state index >= 15 is 0 Å². The van der Waals surface area contributed by atoms with Gasteiger partial charge in [-0.05, 0) is 36.8 Å². The van der Waals surface area contributed by atoms with Crippen LogP contribution in [0.1, 0.15) is 18.2 Å². The van der Waals surface area contributed by atoms with Gasteiger partial charge in [0.2, 0.25) is 0 Å². The van der Waals surface area contributed by atoms with Crippen molar-refractivity contribution in [1.29, 1.82) is 0 Å². The van der Waals surface area contributed by atoms with E-state index in [2.05, 4.69) is 21.2 Å². The molecule has 0 unspecified atom stereocenters. The predicted octanol–water partition coefficient (Wildman–Crippen LogP) is 3.30. The fourth-order valence-corrected chi connectivity index (χ4v) is 2.18. The number of benzene rings is 1. The number of rotatable bonds is 6. The Balaban J connectivity index is 1.82. The second-order valence-electron chi connectivity index (χ2n) is 4.73. The molecule has 2 aromatic rings. The van der Waals surface area contributed by atoms with Crippen molar-refractivity contribution in [2.45, 2.75) is 19.6 Å². The number of hydrogen-bond acceptors (Lipinski definition) is 4. The average molecular weight is 378 g/mol. The predicted molar refractivity (Wildman–Crippen MR) is 89.3 cm³/mol. The van der Waals surface area contributed by atoms with Gasteiger partial charge < -0.3 is 14.5 Å². The van der Waals surface area contributed by atoms with E-state index in [1.54, 1.807) is 18.2 Å². The molecule has 23 heavy (non-hydrogen) atoms. The van der Waals surface area contributed by atoms with Crippen LogP contribution in [0.3, 0.4) is 0 Å². The lowest BCUT2D eigenvalue weighted by molar-refractivity contribution is -0.150. The number of ether oxygens (including phenoxy) is 1. The Morgan fingerprint density at radius 1 is 1.30 bits per heavy atom. The molecule has 1 heterocycles. The molecule has 0 fully saturated rings. The number of carbonyl (C=O) groups excluding carboxylic acids is 2. The number of esters is 1. The van der Waals surface area contributed by atoms with Crippen LogP contribution < -0.4 is 5.32 Å². The maximum atomic E-state index is 11.8. The van der Waals surface area contributed by atoms with Crippen LogP contribution in [0.2, 0.25) is 0 Å². The standard InChI is InChI=1S/C17H16BrNO4/c1-12(17(21)19-11-14-6-4-10-22-14)23-16(20)9-8-13-5-2-3-7-15(13)18/h2-10,12H,11H2,1H3,(H,19,21)/b9-8+/t12-/m1/s1. The maximum Gasteiger partial charge on any atom is 0.331 e. The third kappa shape index (κ3) is 5.41. The highest BCUT2D eigenvalue weighted by Crippen LogP contribution is 2.17. The average Bonchev–Trinajstić information content (AvgIpc) is 3.05. The molecule has 5 nitrogen and oxygen atoms in total. The van der Waals surface area contributed by atoms with Crippen LogP contribution in [0.25, 0.3) is 6.08 Å². The number of nitrogens with one attached hydrogen (secondary N) is 1. The zero-order chi connectivity index (χ0) is 16.7. The summed E-state index contributed by atoms with van der Waals surface area (Å²) in [5, 5.41) is 2.63. The Labute approximate surface area is 142 Å². The van der Waals surface area contributed by atoms with Crippen LogP contribution >= 0.6 is 15.9 Å². The Bertz CT molecular complexity index is 694. The Kier molecular flexibility index (Phi) is 6.17. The van der Waals surface area contributed by atoms with Crippen LogP contribution in [0, 0.1) is 0 Å². The molecule has 0 radical (unpaired) electrons. The lowest BCUT2D eigenvalue weighted by Gasteiger charge is -2.11. The molecule has 1 aromatic heterocycles. The van der Waals surface area contributed by atoms with E-state index in [1.165, 1.54) is 19.3 Å². The SMILES string of the molecule is C[C@@H](OC(=O)/C=C/c1ccccc1Br)C(=O)NCc1ccco1. The van der Waals surface area contributed by atoms with Gasteiger partial charge in [0.05, 0.1) is 12.8 Å². The van der Waals surface area contributed by atoms with Gasteiger partial charge in [0.1, 0.15) is 5.76 Å². The first-order valence-electron chi connectivity index (χ1n) is 6.99. The number of furan rings is 1. The van der Waals surface area contributed by atoms with Gasteiger partial charge in [0.25, 0.3) is 5.91 Å². The third-order valence-electron chi connectivity index (χ3n) is 2.98.